The molecule has 4 aliphatic rings. The van der Waals surface area contributed by atoms with Crippen molar-refractivity contribution in [1.29, 1.82) is 0 Å². The van der Waals surface area contributed by atoms with Crippen LogP contribution in [0.5, 0.6) is 0 Å². The molecule has 0 radical (unpaired) electrons. The predicted molar refractivity (Wildman–Crippen MR) is 510 cm³/mol. The second kappa shape index (κ2) is 37.0. The van der Waals surface area contributed by atoms with E-state index in [0.717, 1.165) is 164 Å². The molecule has 4 aromatic carbocycles. The van der Waals surface area contributed by atoms with Crippen LogP contribution in [0, 0.1) is 55.4 Å². The molecule has 3 unspecified atom stereocenters. The van der Waals surface area contributed by atoms with Crippen LogP contribution in [0.4, 0.5) is 0 Å². The lowest BCUT2D eigenvalue weighted by Gasteiger charge is -2.29. The van der Waals surface area contributed by atoms with Gasteiger partial charge in [-0.2, -0.15) is 0 Å². The largest absolute Gasteiger partial charge is 0.374 e. The van der Waals surface area contributed by atoms with Crippen molar-refractivity contribution >= 4 is 44.1 Å². The Kier molecular flexibility index (Phi) is 25.1. The average molecular weight is 1820 g/mol. The number of hydrogen-bond acceptors (Lipinski definition) is 29. The molecule has 136 heavy (non-hydrogen) atoms. The Morgan fingerprint density at radius 3 is 0.831 bits per heavy atom. The number of nitrogens with one attached hydrogen (secondary N) is 4. The van der Waals surface area contributed by atoms with Gasteiger partial charge in [-0.1, -0.05) is 68.5 Å². The third-order valence-electron chi connectivity index (χ3n) is 24.9. The van der Waals surface area contributed by atoms with E-state index in [1.807, 2.05) is 140 Å². The van der Waals surface area contributed by atoms with E-state index in [2.05, 4.69) is 105 Å². The number of rotatable bonds is 20. The fourth-order valence-electron chi connectivity index (χ4n) is 17.8. The number of benzene rings is 4. The summed E-state index contributed by atoms with van der Waals surface area (Å²) in [4.78, 5) is 90.3. The van der Waals surface area contributed by atoms with E-state index in [-0.39, 0.29) is 35.5 Å². The van der Waals surface area contributed by atoms with Crippen LogP contribution in [0.25, 0.3) is 88.6 Å². The SMILES string of the molecule is C.C.C.C.Cc1noc(C)c1-c1cc(C(O)(c2ccccn2)c2cnccn2)c2nc(C3CC3)[nH]c2c1.Cc1noc(C)c1-c1cc(C(O)(c2ccccn2)c2ncccn2)c2nc(C3CC3)[nH]c2c1.Cc1noc(C)c1-c1cc(C(O)(c2cnccn2)c2cnccn2)c2nc(C3CC3)[nH]c2c1.Cc1noc(C)c1-c1cc(C(O)(c2cncnc2)c2ccccn2)c2nc(C3CC3)[nH]c2c1. The van der Waals surface area contributed by atoms with Crippen LogP contribution in [-0.2, 0) is 22.4 Å². The summed E-state index contributed by atoms with van der Waals surface area (Å²) in [6.45, 7) is 15.2. The number of aryl methyl sites for hydroxylation is 8. The second-order valence-corrected chi connectivity index (χ2v) is 34.0. The highest BCUT2D eigenvalue weighted by molar-refractivity contribution is 5.92. The summed E-state index contributed by atoms with van der Waals surface area (Å²) in [6, 6.07) is 34.0. The van der Waals surface area contributed by atoms with Gasteiger partial charge in [0.1, 0.15) is 69.7 Å². The molecule has 8 N–H and O–H groups in total. The zero-order valence-electron chi connectivity index (χ0n) is 73.0. The molecule has 0 amide bonds. The Hall–Kier alpha value is -15.7. The van der Waals surface area contributed by atoms with Gasteiger partial charge in [-0.25, -0.2) is 39.9 Å². The molecule has 0 bridgehead atoms. The first-order chi connectivity index (χ1) is 64.2. The third kappa shape index (κ3) is 16.7. The summed E-state index contributed by atoms with van der Waals surface area (Å²) < 4.78 is 21.7. The van der Waals surface area contributed by atoms with Gasteiger partial charge in [0.25, 0.3) is 0 Å². The molecule has 33 heteroatoms. The quantitative estimate of drug-likeness (QED) is 0.0351. The Labute approximate surface area is 782 Å². The average Bonchev–Trinajstić information content (AvgIpc) is 1.68. The fraction of sp³-hybridized carbons (Fsp3) is 0.272. The molecule has 4 fully saturated rings. The number of aromatic amines is 4. The molecule has 33 nitrogen and oxygen atoms in total. The van der Waals surface area contributed by atoms with E-state index in [0.29, 0.717) is 131 Å². The second-order valence-electron chi connectivity index (χ2n) is 34.0. The Morgan fingerprint density at radius 1 is 0.287 bits per heavy atom. The van der Waals surface area contributed by atoms with Gasteiger partial charge in [0.05, 0.1) is 103 Å². The monoisotopic (exact) mass is 1820 g/mol. The highest BCUT2D eigenvalue weighted by atomic mass is 16.5. The maximum absolute atomic E-state index is 12.4. The van der Waals surface area contributed by atoms with Crippen LogP contribution in [0.3, 0.4) is 0 Å². The number of fused-ring (bicyclic) bond motifs is 4. The zero-order valence-corrected chi connectivity index (χ0v) is 73.0. The van der Waals surface area contributed by atoms with Crippen molar-refractivity contribution in [3.05, 3.63) is 352 Å². The van der Waals surface area contributed by atoms with Gasteiger partial charge in [-0.05, 0) is 220 Å². The summed E-state index contributed by atoms with van der Waals surface area (Å²) in [6.07, 6.45) is 35.8. The number of hydrogen-bond donors (Lipinski definition) is 8. The minimum absolute atomic E-state index is 0. The van der Waals surface area contributed by atoms with E-state index in [4.69, 9.17) is 38.0 Å². The van der Waals surface area contributed by atoms with E-state index >= 15 is 0 Å². The van der Waals surface area contributed by atoms with Crippen LogP contribution >= 0.6 is 0 Å². The lowest BCUT2D eigenvalue weighted by Crippen LogP contribution is -2.32. The topological polar surface area (TPSA) is 467 Å². The molecule has 0 spiro atoms. The van der Waals surface area contributed by atoms with Crippen LogP contribution in [0.1, 0.15) is 242 Å². The lowest BCUT2D eigenvalue weighted by atomic mass is 9.82. The fourth-order valence-corrected chi connectivity index (χ4v) is 17.8. The Balaban J connectivity index is 0.000000125. The van der Waals surface area contributed by atoms with Crippen molar-refractivity contribution < 1.29 is 38.5 Å². The maximum Gasteiger partial charge on any atom is 0.194 e. The van der Waals surface area contributed by atoms with E-state index in [1.54, 1.807) is 111 Å². The van der Waals surface area contributed by atoms with E-state index < -0.39 is 22.4 Å². The highest BCUT2D eigenvalue weighted by Gasteiger charge is 2.47. The predicted octanol–water partition coefficient (Wildman–Crippen LogP) is 18.7. The van der Waals surface area contributed by atoms with Crippen molar-refractivity contribution in [2.75, 3.05) is 0 Å². The molecule has 20 aromatic rings. The maximum atomic E-state index is 12.4. The summed E-state index contributed by atoms with van der Waals surface area (Å²) >= 11 is 0. The minimum atomic E-state index is -1.73. The molecule has 3 atom stereocenters. The molecule has 24 rings (SSSR count). The molecule has 688 valence electrons. The van der Waals surface area contributed by atoms with Gasteiger partial charge in [-0.15, -0.1) is 0 Å². The molecule has 16 aromatic heterocycles. The minimum Gasteiger partial charge on any atom is -0.374 e. The van der Waals surface area contributed by atoms with Gasteiger partial charge in [-0.3, -0.25) is 44.9 Å². The van der Waals surface area contributed by atoms with Crippen molar-refractivity contribution in [1.82, 2.24) is 125 Å². The summed E-state index contributed by atoms with van der Waals surface area (Å²) in [5, 5.41) is 66.0. The van der Waals surface area contributed by atoms with Crippen molar-refractivity contribution in [2.45, 2.75) is 183 Å². The smallest absolute Gasteiger partial charge is 0.194 e. The normalized spacial score (nSPS) is 14.8. The first-order valence-corrected chi connectivity index (χ1v) is 43.6. The highest BCUT2D eigenvalue weighted by Crippen LogP contribution is 2.51. The molecule has 4 saturated carbocycles. The van der Waals surface area contributed by atoms with Gasteiger partial charge in [0, 0.05) is 154 Å². The van der Waals surface area contributed by atoms with Gasteiger partial charge < -0.3 is 58.5 Å². The Morgan fingerprint density at radius 2 is 0.559 bits per heavy atom. The van der Waals surface area contributed by atoms with Crippen molar-refractivity contribution in [3.8, 4) is 44.5 Å². The first-order valence-electron chi connectivity index (χ1n) is 43.6. The zero-order chi connectivity index (χ0) is 90.3. The summed E-state index contributed by atoms with van der Waals surface area (Å²) in [5.74, 6) is 8.46. The van der Waals surface area contributed by atoms with E-state index in [9.17, 15) is 20.4 Å². The molecule has 16 heterocycles. The molecular weight excluding hydrogens is 1720 g/mol. The number of nitrogens with zero attached hydrogens (tertiary/aromatic N) is 21. The third-order valence-corrected chi connectivity index (χ3v) is 24.9. The molecule has 0 saturated heterocycles. The summed E-state index contributed by atoms with van der Waals surface area (Å²) in [5.41, 5.74) is 14.6. The van der Waals surface area contributed by atoms with Crippen LogP contribution in [-0.4, -0.2) is 146 Å². The lowest BCUT2D eigenvalue weighted by molar-refractivity contribution is 0.112. The number of aromatic nitrogens is 25. The van der Waals surface area contributed by atoms with Gasteiger partial charge in [0.2, 0.25) is 0 Å². The van der Waals surface area contributed by atoms with Crippen LogP contribution < -0.4 is 0 Å². The van der Waals surface area contributed by atoms with Crippen LogP contribution in [0.15, 0.2) is 233 Å². The summed E-state index contributed by atoms with van der Waals surface area (Å²) in [7, 11) is 0. The molecule has 4 aliphatic carbocycles. The molecular formula is C103H103N25O8. The number of aliphatic hydroxyl groups is 4. The Bertz CT molecular complexity index is 6490. The first kappa shape index (κ1) is 92.2. The number of H-pyrrole nitrogens is 4. The standard InChI is InChI=1S/3C25H22N6O2.C24H21N7O2.4CH4/c1-14-21(15(2)33-31-14)17-12-18(22-19(13-17)29-23(30-22)16-7-8-16)25(32,20-6-3-4-9-26-20)24-27-10-5-11-28-24;1-14-22(15(2)33-31-14)17-9-19(23-20(10-17)29-24(30-23)16-6-7-16)25(32,18-11-26-13-27-12-18)21-5-3-4-8-28-21;1-14-22(15(2)33-31-14)17-11-18(23-19(12-17)29-24(30-23)16-6-7-16)25(32,20-5-3-4-8-27-20)21-13-26-9-10-28-21;1-13-21(14(2)33-31-13)16-9-17(22-18(10-16)29-23(30-22)15-3-4-15)24(32,19-11-25-5-7-27-19)20-12-26-6-8-28-20;;;;/h3-6,9-13,16,32H,7-8H2,1-2H3,(H,29,30);2*3-5,8-13,16,32H,6-7H2,1-2H3,(H,29,30);5-12,15,32H,3-4H2,1-2H3,(H,29,30);4*1H4. The van der Waals surface area contributed by atoms with Gasteiger partial charge >= 0.3 is 0 Å². The van der Waals surface area contributed by atoms with E-state index in [1.165, 1.54) is 18.7 Å². The van der Waals surface area contributed by atoms with Crippen molar-refractivity contribution in [3.63, 3.8) is 0 Å². The van der Waals surface area contributed by atoms with Crippen molar-refractivity contribution in [2.24, 2.45) is 0 Å². The van der Waals surface area contributed by atoms with Crippen LogP contribution in [0.2, 0.25) is 0 Å². The van der Waals surface area contributed by atoms with Gasteiger partial charge in [0.15, 0.2) is 28.2 Å². The molecule has 0 aliphatic heterocycles. The number of pyridine rings is 3. The number of imidazole rings is 4.